The van der Waals surface area contributed by atoms with Crippen molar-refractivity contribution in [2.45, 2.75) is 4.90 Å². The lowest BCUT2D eigenvalue weighted by Crippen LogP contribution is -1.96. The van der Waals surface area contributed by atoms with Gasteiger partial charge in [0, 0.05) is 22.9 Å². The number of nitrogen functional groups attached to an aromatic ring is 1. The summed E-state index contributed by atoms with van der Waals surface area (Å²) in [4.78, 5) is 13.5. The van der Waals surface area contributed by atoms with Gasteiger partial charge in [-0.1, -0.05) is 5.16 Å². The Morgan fingerprint density at radius 2 is 1.85 bits per heavy atom. The van der Waals surface area contributed by atoms with Crippen LogP contribution in [0.2, 0.25) is 0 Å². The van der Waals surface area contributed by atoms with E-state index in [1.54, 1.807) is 11.8 Å². The van der Waals surface area contributed by atoms with E-state index < -0.39 is 0 Å². The lowest BCUT2D eigenvalue weighted by Gasteiger charge is -1.97. The van der Waals surface area contributed by atoms with E-state index in [1.807, 2.05) is 30.5 Å². The van der Waals surface area contributed by atoms with Crippen LogP contribution in [0.3, 0.4) is 0 Å². The van der Waals surface area contributed by atoms with Gasteiger partial charge in [-0.2, -0.15) is 4.98 Å². The van der Waals surface area contributed by atoms with Crippen molar-refractivity contribution in [2.24, 2.45) is 0 Å². The first-order chi connectivity index (χ1) is 9.78. The smallest absolute Gasteiger partial charge is 0.280 e. The second-order valence-electron chi connectivity index (χ2n) is 3.94. The molecule has 0 amide bonds. The molecule has 0 atom stereocenters. The van der Waals surface area contributed by atoms with Gasteiger partial charge in [-0.05, 0) is 30.5 Å². The molecule has 3 aromatic rings. The van der Waals surface area contributed by atoms with E-state index in [-0.39, 0.29) is 11.7 Å². The summed E-state index contributed by atoms with van der Waals surface area (Å²) in [5, 5.41) is 3.94. The average Bonchev–Trinajstić information content (AvgIpc) is 2.97. The number of hydrogen-bond donors (Lipinski definition) is 1. The molecule has 20 heavy (non-hydrogen) atoms. The number of benzene rings is 1. The summed E-state index contributed by atoms with van der Waals surface area (Å²) >= 11 is 1.68. The standard InChI is InChI=1S/C13H11N5OS/c1-20-9-4-2-8(3-5-9)12-17-13(19-18-12)10-11(14)16-7-6-15-10/h2-7H,1H3,(H2,14,16). The summed E-state index contributed by atoms with van der Waals surface area (Å²) in [6, 6.07) is 7.90. The zero-order valence-electron chi connectivity index (χ0n) is 10.6. The van der Waals surface area contributed by atoms with Crippen molar-refractivity contribution < 1.29 is 4.52 Å². The van der Waals surface area contributed by atoms with E-state index in [1.165, 1.54) is 17.3 Å². The number of aromatic nitrogens is 4. The minimum absolute atomic E-state index is 0.263. The number of nitrogens with zero attached hydrogens (tertiary/aromatic N) is 4. The highest BCUT2D eigenvalue weighted by molar-refractivity contribution is 7.98. The number of nitrogens with two attached hydrogens (primary N) is 1. The Labute approximate surface area is 119 Å². The molecule has 3 rings (SSSR count). The molecule has 0 saturated heterocycles. The molecule has 6 nitrogen and oxygen atoms in total. The zero-order valence-corrected chi connectivity index (χ0v) is 11.5. The van der Waals surface area contributed by atoms with Crippen molar-refractivity contribution in [3.05, 3.63) is 36.7 Å². The van der Waals surface area contributed by atoms with Gasteiger partial charge in [0.2, 0.25) is 5.82 Å². The lowest BCUT2D eigenvalue weighted by atomic mass is 10.2. The Morgan fingerprint density at radius 3 is 2.55 bits per heavy atom. The third-order valence-corrected chi connectivity index (χ3v) is 3.45. The normalized spacial score (nSPS) is 10.7. The Bertz CT molecular complexity index is 726. The van der Waals surface area contributed by atoms with Crippen LogP contribution in [-0.2, 0) is 0 Å². The van der Waals surface area contributed by atoms with Gasteiger partial charge < -0.3 is 10.3 Å². The molecular formula is C13H11N5OS. The van der Waals surface area contributed by atoms with Gasteiger partial charge in [0.1, 0.15) is 0 Å². The van der Waals surface area contributed by atoms with Gasteiger partial charge in [0.15, 0.2) is 11.5 Å². The van der Waals surface area contributed by atoms with Gasteiger partial charge in [-0.25, -0.2) is 9.97 Å². The fourth-order valence-corrected chi connectivity index (χ4v) is 2.10. The first-order valence-electron chi connectivity index (χ1n) is 5.83. The van der Waals surface area contributed by atoms with Crippen LogP contribution >= 0.6 is 11.8 Å². The van der Waals surface area contributed by atoms with Gasteiger partial charge in [0.05, 0.1) is 0 Å². The molecule has 7 heteroatoms. The van der Waals surface area contributed by atoms with Crippen LogP contribution in [0.15, 0.2) is 46.1 Å². The predicted octanol–water partition coefficient (Wildman–Crippen LogP) is 2.50. The highest BCUT2D eigenvalue weighted by Gasteiger charge is 2.14. The van der Waals surface area contributed by atoms with Crippen LogP contribution in [0, 0.1) is 0 Å². The largest absolute Gasteiger partial charge is 0.382 e. The van der Waals surface area contributed by atoms with Crippen LogP contribution in [0.25, 0.3) is 23.0 Å². The van der Waals surface area contributed by atoms with Gasteiger partial charge in [-0.15, -0.1) is 11.8 Å². The summed E-state index contributed by atoms with van der Waals surface area (Å²) in [7, 11) is 0. The molecule has 0 aliphatic heterocycles. The minimum Gasteiger partial charge on any atom is -0.382 e. The van der Waals surface area contributed by atoms with Crippen LogP contribution in [0.5, 0.6) is 0 Å². The molecule has 0 saturated carbocycles. The van der Waals surface area contributed by atoms with E-state index in [4.69, 9.17) is 10.3 Å². The van der Waals surface area contributed by atoms with E-state index in [9.17, 15) is 0 Å². The second-order valence-corrected chi connectivity index (χ2v) is 4.82. The maximum atomic E-state index is 5.73. The molecular weight excluding hydrogens is 274 g/mol. The monoisotopic (exact) mass is 285 g/mol. The molecule has 0 aliphatic rings. The quantitative estimate of drug-likeness (QED) is 0.739. The molecule has 0 aliphatic carbocycles. The average molecular weight is 285 g/mol. The van der Waals surface area contributed by atoms with Gasteiger partial charge in [-0.3, -0.25) is 0 Å². The lowest BCUT2D eigenvalue weighted by molar-refractivity contribution is 0.431. The second kappa shape index (κ2) is 5.30. The summed E-state index contributed by atoms with van der Waals surface area (Å²) in [5.41, 5.74) is 7.00. The molecule has 100 valence electrons. The molecule has 2 heterocycles. The molecule has 0 unspecified atom stereocenters. The highest BCUT2D eigenvalue weighted by Crippen LogP contribution is 2.24. The Balaban J connectivity index is 1.95. The number of thioether (sulfide) groups is 1. The van der Waals surface area contributed by atoms with Crippen LogP contribution in [-0.4, -0.2) is 26.4 Å². The Kier molecular flexibility index (Phi) is 3.34. The highest BCUT2D eigenvalue weighted by atomic mass is 32.2. The number of anilines is 1. The Morgan fingerprint density at radius 1 is 1.10 bits per heavy atom. The van der Waals surface area contributed by atoms with Crippen molar-refractivity contribution in [3.63, 3.8) is 0 Å². The van der Waals surface area contributed by atoms with Crippen LogP contribution in [0.4, 0.5) is 5.82 Å². The van der Waals surface area contributed by atoms with Crippen molar-refractivity contribution in [3.8, 4) is 23.0 Å². The molecule has 0 fully saturated rings. The third-order valence-electron chi connectivity index (χ3n) is 2.70. The third kappa shape index (κ3) is 2.35. The Hall–Kier alpha value is -2.41. The summed E-state index contributed by atoms with van der Waals surface area (Å²) in [6.45, 7) is 0. The van der Waals surface area contributed by atoms with Gasteiger partial charge >= 0.3 is 0 Å². The van der Waals surface area contributed by atoms with E-state index >= 15 is 0 Å². The van der Waals surface area contributed by atoms with Crippen molar-refractivity contribution >= 4 is 17.6 Å². The fraction of sp³-hybridized carbons (Fsp3) is 0.0769. The predicted molar refractivity (Wildman–Crippen MR) is 77.0 cm³/mol. The zero-order chi connectivity index (χ0) is 13.9. The van der Waals surface area contributed by atoms with E-state index in [0.29, 0.717) is 11.5 Å². The van der Waals surface area contributed by atoms with Crippen LogP contribution in [0.1, 0.15) is 0 Å². The molecule has 0 bridgehead atoms. The SMILES string of the molecule is CSc1ccc(-c2noc(-c3nccnc3N)n2)cc1. The summed E-state index contributed by atoms with van der Waals surface area (Å²) < 4.78 is 5.19. The fourth-order valence-electron chi connectivity index (χ4n) is 1.69. The minimum atomic E-state index is 0.263. The molecule has 0 radical (unpaired) electrons. The van der Waals surface area contributed by atoms with Crippen molar-refractivity contribution in [1.82, 2.24) is 20.1 Å². The van der Waals surface area contributed by atoms with Crippen molar-refractivity contribution in [2.75, 3.05) is 12.0 Å². The van der Waals surface area contributed by atoms with E-state index in [2.05, 4.69) is 20.1 Å². The topological polar surface area (TPSA) is 90.7 Å². The number of rotatable bonds is 3. The maximum absolute atomic E-state index is 5.73. The molecule has 2 N–H and O–H groups in total. The number of hydrogen-bond acceptors (Lipinski definition) is 7. The first-order valence-corrected chi connectivity index (χ1v) is 7.05. The van der Waals surface area contributed by atoms with Crippen LogP contribution < -0.4 is 5.73 Å². The summed E-state index contributed by atoms with van der Waals surface area (Å²) in [6.07, 6.45) is 5.07. The molecule has 0 spiro atoms. The molecule has 2 aromatic heterocycles. The molecule has 1 aromatic carbocycles. The summed E-state index contributed by atoms with van der Waals surface area (Å²) in [5.74, 6) is 1.03. The maximum Gasteiger partial charge on any atom is 0.280 e. The van der Waals surface area contributed by atoms with Crippen molar-refractivity contribution in [1.29, 1.82) is 0 Å². The van der Waals surface area contributed by atoms with E-state index in [0.717, 1.165) is 5.56 Å². The van der Waals surface area contributed by atoms with Gasteiger partial charge in [0.25, 0.3) is 5.89 Å². The first kappa shape index (κ1) is 12.6.